The molecule has 2 N–H and O–H groups in total. The van der Waals surface area contributed by atoms with E-state index in [4.69, 9.17) is 51.6 Å². The summed E-state index contributed by atoms with van der Waals surface area (Å²) in [5.74, 6) is 0.714. The van der Waals surface area contributed by atoms with Crippen molar-refractivity contribution in [3.05, 3.63) is 164 Å². The average Bonchev–Trinajstić information content (AvgIpc) is 0.989. The number of hydrogen-bond acceptors (Lipinski definition) is 22. The second-order valence-electron chi connectivity index (χ2n) is 17.4. The standard InChI is InChI=1S/C15H21N3O4.C11H11N3O3.C9H8ClN3O.C9H9N3O2.C7H4ClN3O.C6H13BrO2.CH2I2.2CH4/c1-4-18-13(19)9-16-11-7-8-12(17-15(11)18)22-10-14(20-5-2)21-6-3;1-2-14-10(16)7-12-8-3-4-9(13-11(8)14)17-6-5-15;1-2-13-8(14)5-11-6-3-4-7(10)12-9(6)13;1-2-12-8(14)5-10-6-3-4-7(13)11-9(6)12;8-5-2-1-4-7(10-5)11-6(12)3-9-4;1-3-8-6(5-7)9-4-2;2-1-3;;/h7-9,14H,4-6,10H2,1-3H3;3-5,7H,2,6H2,1H3;3-5H,2H2,1H3;3-5H,2H2,1H3,(H,11,13);1-3H,(H,10,11,12);6H,3-5H2,1-2H3;1H2;2*1H4. The van der Waals surface area contributed by atoms with Gasteiger partial charge in [0.1, 0.15) is 56.8 Å². The Morgan fingerprint density at radius 3 is 1.32 bits per heavy atom. The van der Waals surface area contributed by atoms with Crippen LogP contribution in [0.15, 0.2) is 120 Å². The molecule has 0 unspecified atom stereocenters. The zero-order chi connectivity index (χ0) is 66.8. The van der Waals surface area contributed by atoms with Crippen LogP contribution in [0.2, 0.25) is 10.3 Å². The van der Waals surface area contributed by atoms with Gasteiger partial charge in [-0.05, 0) is 97.9 Å². The van der Waals surface area contributed by atoms with Crippen molar-refractivity contribution >= 4 is 146 Å². The molecule has 0 bridgehead atoms. The number of nitrogens with zero attached hydrogens (tertiary/aromatic N) is 13. The quantitative estimate of drug-likeness (QED) is 0.0250. The normalized spacial score (nSPS) is 10.4. The summed E-state index contributed by atoms with van der Waals surface area (Å²) in [5.41, 5.74) is 4.32. The van der Waals surface area contributed by atoms with E-state index in [-0.39, 0.29) is 67.7 Å². The maximum Gasteiger partial charge on any atom is 0.270 e. The van der Waals surface area contributed by atoms with Crippen LogP contribution < -0.4 is 42.8 Å². The molecule has 0 radical (unpaired) electrons. The molecular formula is C60H76BrCl2I2N15O13. The number of alkyl halides is 3. The minimum atomic E-state index is -0.435. The Labute approximate surface area is 580 Å². The summed E-state index contributed by atoms with van der Waals surface area (Å²) in [6.07, 6.45) is 6.45. The number of pyridine rings is 5. The Balaban J connectivity index is 0.000000382. The van der Waals surface area contributed by atoms with Gasteiger partial charge in [0.2, 0.25) is 17.3 Å². The highest BCUT2D eigenvalue weighted by Crippen LogP contribution is 2.16. The molecule has 0 aliphatic heterocycles. The maximum atomic E-state index is 11.8. The number of fused-ring (bicyclic) bond motifs is 5. The molecule has 0 aliphatic rings. The number of aromatic nitrogens is 15. The largest absolute Gasteiger partial charge is 0.472 e. The van der Waals surface area contributed by atoms with Crippen molar-refractivity contribution in [2.24, 2.45) is 0 Å². The minimum absolute atomic E-state index is 0. The van der Waals surface area contributed by atoms with Crippen LogP contribution in [0, 0.1) is 0 Å². The number of aromatic amines is 2. The number of halogens is 5. The van der Waals surface area contributed by atoms with Gasteiger partial charge in [-0.3, -0.25) is 51.8 Å². The Kier molecular flexibility index (Phi) is 39.2. The van der Waals surface area contributed by atoms with Gasteiger partial charge >= 0.3 is 0 Å². The van der Waals surface area contributed by atoms with Crippen molar-refractivity contribution in [3.8, 4) is 11.8 Å². The Hall–Kier alpha value is -7.12. The van der Waals surface area contributed by atoms with Crippen LogP contribution in [-0.2, 0) is 49.9 Å². The third kappa shape index (κ3) is 26.0. The molecule has 0 amide bonds. The first kappa shape index (κ1) is 82.0. The van der Waals surface area contributed by atoms with Crippen LogP contribution in [0.3, 0.4) is 0 Å². The molecule has 504 valence electrons. The Bertz CT molecular complexity index is 4280. The van der Waals surface area contributed by atoms with Gasteiger partial charge in [-0.1, -0.05) is 99.2 Å². The molecule has 0 saturated heterocycles. The Morgan fingerprint density at radius 2 is 0.871 bits per heavy atom. The molecular weight excluding hydrogens is 1540 g/mol. The summed E-state index contributed by atoms with van der Waals surface area (Å²) in [7, 11) is 0. The lowest BCUT2D eigenvalue weighted by Crippen LogP contribution is -2.25. The molecule has 0 spiro atoms. The molecule has 28 nitrogen and oxygen atoms in total. The van der Waals surface area contributed by atoms with Gasteiger partial charge in [0.15, 0.2) is 41.5 Å². The number of hydrogen-bond donors (Lipinski definition) is 2. The average molecular weight is 1620 g/mol. The van der Waals surface area contributed by atoms with Crippen LogP contribution in [0.4, 0.5) is 0 Å². The lowest BCUT2D eigenvalue weighted by atomic mass is 10.4. The molecule has 10 aromatic heterocycles. The van der Waals surface area contributed by atoms with Crippen LogP contribution in [-0.4, -0.2) is 139 Å². The number of aldehydes is 1. The first-order valence-electron chi connectivity index (χ1n) is 28.1. The zero-order valence-corrected chi connectivity index (χ0v) is 58.3. The van der Waals surface area contributed by atoms with Gasteiger partial charge < -0.3 is 38.4 Å². The predicted octanol–water partition coefficient (Wildman–Crippen LogP) is 9.39. The van der Waals surface area contributed by atoms with E-state index in [0.717, 1.165) is 5.33 Å². The topological polar surface area (TPSA) is 342 Å². The summed E-state index contributed by atoms with van der Waals surface area (Å²) in [6.45, 7) is 19.9. The van der Waals surface area contributed by atoms with Gasteiger partial charge in [-0.15, -0.1) is 0 Å². The minimum Gasteiger partial charge on any atom is -0.472 e. The van der Waals surface area contributed by atoms with Crippen molar-refractivity contribution in [1.82, 2.24) is 73.1 Å². The molecule has 10 rings (SSSR count). The number of ether oxygens (including phenoxy) is 6. The van der Waals surface area contributed by atoms with E-state index < -0.39 is 6.29 Å². The molecule has 0 aromatic carbocycles. The van der Waals surface area contributed by atoms with Gasteiger partial charge in [-0.2, -0.15) is 9.97 Å². The van der Waals surface area contributed by atoms with Crippen molar-refractivity contribution in [3.63, 3.8) is 0 Å². The van der Waals surface area contributed by atoms with E-state index in [1.54, 1.807) is 59.2 Å². The van der Waals surface area contributed by atoms with E-state index >= 15 is 0 Å². The lowest BCUT2D eigenvalue weighted by molar-refractivity contribution is -0.152. The van der Waals surface area contributed by atoms with Crippen molar-refractivity contribution in [2.75, 3.05) is 47.4 Å². The van der Waals surface area contributed by atoms with E-state index in [1.165, 1.54) is 53.2 Å². The van der Waals surface area contributed by atoms with Crippen LogP contribution >= 0.6 is 84.3 Å². The van der Waals surface area contributed by atoms with Crippen LogP contribution in [0.1, 0.15) is 70.2 Å². The number of carbonyl (C=O) groups is 1. The zero-order valence-electron chi connectivity index (χ0n) is 50.9. The second kappa shape index (κ2) is 44.5. The molecule has 10 heterocycles. The molecule has 0 fully saturated rings. The Morgan fingerprint density at radius 1 is 0.484 bits per heavy atom. The molecule has 0 atom stereocenters. The van der Waals surface area contributed by atoms with Gasteiger partial charge in [0.05, 0.1) is 38.7 Å². The summed E-state index contributed by atoms with van der Waals surface area (Å²) < 4.78 is 39.1. The summed E-state index contributed by atoms with van der Waals surface area (Å²) in [5, 5.41) is 1.45. The fourth-order valence-electron chi connectivity index (χ4n) is 7.72. The highest BCUT2D eigenvalue weighted by molar-refractivity contribution is 14.2. The highest BCUT2D eigenvalue weighted by Gasteiger charge is 2.13. The summed E-state index contributed by atoms with van der Waals surface area (Å²) in [4.78, 5) is 120. The van der Waals surface area contributed by atoms with Crippen molar-refractivity contribution in [2.45, 2.75) is 109 Å². The molecule has 33 heteroatoms. The maximum absolute atomic E-state index is 11.8. The van der Waals surface area contributed by atoms with E-state index in [2.05, 4.69) is 116 Å². The fraction of sp³-hybridized carbons (Fsp3) is 0.400. The SMILES string of the molecule is C.C.CCOC(CBr)OCC.CCOC(COc1ccc2ncc(=O)n(CC)c2n1)OCC.CCn1c(=O)cnc2ccc(=O)[nH]c21.CCn1c(=O)cnc2ccc(Cl)nc21.CCn1c(=O)cnc2ccc(OCC=O)nc21.ICI.O=c1cnc2ccc(Cl)nc2[nH]1. The lowest BCUT2D eigenvalue weighted by Gasteiger charge is -2.17. The number of rotatable bonds is 19. The molecule has 0 saturated carbocycles. The number of nitrogens with one attached hydrogen (secondary N) is 2. The van der Waals surface area contributed by atoms with Gasteiger partial charge in [0, 0.05) is 70.8 Å². The van der Waals surface area contributed by atoms with Gasteiger partial charge in [-0.25, -0.2) is 34.9 Å². The van der Waals surface area contributed by atoms with E-state index in [1.807, 2.05) is 55.4 Å². The number of H-pyrrole nitrogens is 2. The summed E-state index contributed by atoms with van der Waals surface area (Å²) >= 11 is 19.2. The third-order valence-electron chi connectivity index (χ3n) is 11.6. The number of aryl methyl sites for hydroxylation is 4. The first-order valence-corrected chi connectivity index (χ1v) is 33.0. The third-order valence-corrected chi connectivity index (χ3v) is 12.5. The van der Waals surface area contributed by atoms with E-state index in [9.17, 15) is 33.6 Å². The molecule has 0 aliphatic carbocycles. The summed E-state index contributed by atoms with van der Waals surface area (Å²) in [6, 6.07) is 16.5. The first-order chi connectivity index (χ1) is 43.9. The van der Waals surface area contributed by atoms with Crippen LogP contribution in [0.5, 0.6) is 11.8 Å². The van der Waals surface area contributed by atoms with E-state index in [0.29, 0.717) is 137 Å². The monoisotopic (exact) mass is 1620 g/mol. The molecule has 93 heavy (non-hydrogen) atoms. The highest BCUT2D eigenvalue weighted by atomic mass is 127. The number of carbonyl (C=O) groups excluding carboxylic acids is 1. The van der Waals surface area contributed by atoms with Crippen molar-refractivity contribution < 1.29 is 33.2 Å². The smallest absolute Gasteiger partial charge is 0.270 e. The molecule has 10 aromatic rings. The van der Waals surface area contributed by atoms with Gasteiger partial charge in [0.25, 0.3) is 27.8 Å². The van der Waals surface area contributed by atoms with Crippen molar-refractivity contribution in [1.29, 1.82) is 0 Å². The predicted molar refractivity (Wildman–Crippen MR) is 382 cm³/mol. The van der Waals surface area contributed by atoms with Crippen LogP contribution in [0.25, 0.3) is 55.8 Å². The second-order valence-corrected chi connectivity index (χ2v) is 23.2. The fourth-order valence-corrected chi connectivity index (χ4v) is 8.39.